The van der Waals surface area contributed by atoms with Crippen LogP contribution in [0.25, 0.3) is 6.08 Å². The van der Waals surface area contributed by atoms with Gasteiger partial charge in [0.05, 0.1) is 6.61 Å². The standard InChI is InChI=1S/C10H12NO/c1-2-9-5-3-4-6-11(9)7-10-8-12-10/h2-6,10H,1,7-8H2/q+1. The Hall–Kier alpha value is -1.15. The minimum atomic E-state index is 0.427. The molecule has 2 nitrogen and oxygen atoms in total. The molecule has 0 spiro atoms. The van der Waals surface area contributed by atoms with Crippen LogP contribution in [0.15, 0.2) is 31.0 Å². The molecule has 2 heterocycles. The molecule has 2 rings (SSSR count). The molecule has 12 heavy (non-hydrogen) atoms. The van der Waals surface area contributed by atoms with Crippen molar-refractivity contribution in [1.29, 1.82) is 0 Å². The average Bonchev–Trinajstić information content (AvgIpc) is 2.89. The van der Waals surface area contributed by atoms with Gasteiger partial charge in [-0.2, -0.15) is 4.57 Å². The molecular formula is C10H12NO+. The molecule has 0 bridgehead atoms. The highest BCUT2D eigenvalue weighted by molar-refractivity contribution is 5.36. The van der Waals surface area contributed by atoms with Gasteiger partial charge in [-0.05, 0) is 6.07 Å². The summed E-state index contributed by atoms with van der Waals surface area (Å²) in [5.41, 5.74) is 1.15. The third kappa shape index (κ3) is 1.53. The van der Waals surface area contributed by atoms with Gasteiger partial charge in [-0.15, -0.1) is 0 Å². The predicted molar refractivity (Wildman–Crippen MR) is 46.5 cm³/mol. The van der Waals surface area contributed by atoms with Gasteiger partial charge in [0.15, 0.2) is 12.7 Å². The lowest BCUT2D eigenvalue weighted by Gasteiger charge is -1.96. The molecule has 0 N–H and O–H groups in total. The molecule has 1 aliphatic rings. The van der Waals surface area contributed by atoms with Crippen LogP contribution < -0.4 is 4.57 Å². The number of hydrogen-bond donors (Lipinski definition) is 0. The van der Waals surface area contributed by atoms with Crippen LogP contribution in [0.4, 0.5) is 0 Å². The van der Waals surface area contributed by atoms with Crippen molar-refractivity contribution in [3.05, 3.63) is 36.7 Å². The van der Waals surface area contributed by atoms with Crippen LogP contribution in [0.1, 0.15) is 5.69 Å². The molecule has 2 heteroatoms. The van der Waals surface area contributed by atoms with Crippen LogP contribution in [0.2, 0.25) is 0 Å². The maximum Gasteiger partial charge on any atom is 0.204 e. The van der Waals surface area contributed by atoms with E-state index in [0.29, 0.717) is 6.10 Å². The Morgan fingerprint density at radius 1 is 1.67 bits per heavy atom. The SMILES string of the molecule is C=Cc1cccc[n+]1CC1CO1. The van der Waals surface area contributed by atoms with Gasteiger partial charge < -0.3 is 4.74 Å². The van der Waals surface area contributed by atoms with E-state index in [1.165, 1.54) is 0 Å². The first kappa shape index (κ1) is 7.50. The molecule has 0 aromatic carbocycles. The molecule has 62 valence electrons. The molecular weight excluding hydrogens is 150 g/mol. The fraction of sp³-hybridized carbons (Fsp3) is 0.300. The van der Waals surface area contributed by atoms with Crippen molar-refractivity contribution >= 4 is 6.08 Å². The lowest BCUT2D eigenvalue weighted by atomic mass is 10.3. The van der Waals surface area contributed by atoms with Crippen LogP contribution >= 0.6 is 0 Å². The largest absolute Gasteiger partial charge is 0.366 e. The second-order valence-electron chi connectivity index (χ2n) is 2.94. The highest BCUT2D eigenvalue weighted by atomic mass is 16.6. The number of pyridine rings is 1. The minimum absolute atomic E-state index is 0.427. The normalized spacial score (nSPS) is 20.5. The van der Waals surface area contributed by atoms with E-state index < -0.39 is 0 Å². The van der Waals surface area contributed by atoms with Gasteiger partial charge >= 0.3 is 0 Å². The van der Waals surface area contributed by atoms with Gasteiger partial charge in [0.25, 0.3) is 0 Å². The second-order valence-corrected chi connectivity index (χ2v) is 2.94. The maximum atomic E-state index is 5.16. The van der Waals surface area contributed by atoms with Crippen molar-refractivity contribution in [2.24, 2.45) is 0 Å². The zero-order chi connectivity index (χ0) is 8.39. The van der Waals surface area contributed by atoms with Crippen molar-refractivity contribution in [2.75, 3.05) is 6.61 Å². The van der Waals surface area contributed by atoms with E-state index in [2.05, 4.69) is 23.4 Å². The van der Waals surface area contributed by atoms with Crippen molar-refractivity contribution in [2.45, 2.75) is 12.6 Å². The predicted octanol–water partition coefficient (Wildman–Crippen LogP) is 1.02. The second kappa shape index (κ2) is 3.07. The average molecular weight is 162 g/mol. The number of ether oxygens (including phenoxy) is 1. The summed E-state index contributed by atoms with van der Waals surface area (Å²) < 4.78 is 7.31. The third-order valence-corrected chi connectivity index (χ3v) is 1.99. The van der Waals surface area contributed by atoms with Gasteiger partial charge in [-0.1, -0.05) is 6.58 Å². The molecule has 1 fully saturated rings. The Labute approximate surface area is 72.1 Å². The number of hydrogen-bond acceptors (Lipinski definition) is 1. The quantitative estimate of drug-likeness (QED) is 0.479. The van der Waals surface area contributed by atoms with E-state index in [1.54, 1.807) is 0 Å². The smallest absolute Gasteiger partial charge is 0.204 e. The van der Waals surface area contributed by atoms with Gasteiger partial charge in [0.1, 0.15) is 6.10 Å². The summed E-state index contributed by atoms with van der Waals surface area (Å²) in [5.74, 6) is 0. The van der Waals surface area contributed by atoms with E-state index in [4.69, 9.17) is 4.74 Å². The monoisotopic (exact) mass is 162 g/mol. The Morgan fingerprint density at radius 3 is 3.17 bits per heavy atom. The zero-order valence-corrected chi connectivity index (χ0v) is 6.94. The maximum absolute atomic E-state index is 5.16. The molecule has 1 aliphatic heterocycles. The first-order valence-electron chi connectivity index (χ1n) is 4.12. The van der Waals surface area contributed by atoms with E-state index in [9.17, 15) is 0 Å². The first-order valence-corrected chi connectivity index (χ1v) is 4.12. The molecule has 0 aliphatic carbocycles. The van der Waals surface area contributed by atoms with E-state index in [0.717, 1.165) is 18.8 Å². The fourth-order valence-electron chi connectivity index (χ4n) is 1.23. The molecule has 1 aromatic heterocycles. The molecule has 1 unspecified atom stereocenters. The highest BCUT2D eigenvalue weighted by Crippen LogP contribution is 2.08. The summed E-state index contributed by atoms with van der Waals surface area (Å²) in [7, 11) is 0. The Kier molecular flexibility index (Phi) is 1.92. The van der Waals surface area contributed by atoms with Gasteiger partial charge in [0.2, 0.25) is 5.69 Å². The molecule has 0 radical (unpaired) electrons. The Balaban J connectivity index is 2.20. The van der Waals surface area contributed by atoms with Gasteiger partial charge in [-0.3, -0.25) is 0 Å². The third-order valence-electron chi connectivity index (χ3n) is 1.99. The number of epoxide rings is 1. The first-order chi connectivity index (χ1) is 5.90. The zero-order valence-electron chi connectivity index (χ0n) is 6.94. The molecule has 0 saturated carbocycles. The lowest BCUT2D eigenvalue weighted by Crippen LogP contribution is -2.38. The fourth-order valence-corrected chi connectivity index (χ4v) is 1.23. The topological polar surface area (TPSA) is 16.4 Å². The molecule has 1 atom stereocenters. The van der Waals surface area contributed by atoms with Crippen molar-refractivity contribution in [1.82, 2.24) is 0 Å². The van der Waals surface area contributed by atoms with Crippen LogP contribution in [0.5, 0.6) is 0 Å². The van der Waals surface area contributed by atoms with Crippen molar-refractivity contribution in [3.63, 3.8) is 0 Å². The van der Waals surface area contributed by atoms with Crippen molar-refractivity contribution in [3.8, 4) is 0 Å². The number of aromatic nitrogens is 1. The van der Waals surface area contributed by atoms with Crippen molar-refractivity contribution < 1.29 is 9.30 Å². The highest BCUT2D eigenvalue weighted by Gasteiger charge is 2.27. The summed E-state index contributed by atoms with van der Waals surface area (Å²) in [6.45, 7) is 5.61. The summed E-state index contributed by atoms with van der Waals surface area (Å²) in [4.78, 5) is 0. The Morgan fingerprint density at radius 2 is 2.50 bits per heavy atom. The Bertz CT molecular complexity index is 292. The summed E-state index contributed by atoms with van der Waals surface area (Å²) in [5, 5.41) is 0. The van der Waals surface area contributed by atoms with E-state index >= 15 is 0 Å². The summed E-state index contributed by atoms with van der Waals surface area (Å²) in [6.07, 6.45) is 4.34. The summed E-state index contributed by atoms with van der Waals surface area (Å²) >= 11 is 0. The molecule has 1 aromatic rings. The molecule has 0 amide bonds. The van der Waals surface area contributed by atoms with E-state index in [1.807, 2.05) is 18.2 Å². The van der Waals surface area contributed by atoms with Crippen LogP contribution in [-0.2, 0) is 11.3 Å². The summed E-state index contributed by atoms with van der Waals surface area (Å²) in [6, 6.07) is 6.09. The van der Waals surface area contributed by atoms with Crippen LogP contribution in [-0.4, -0.2) is 12.7 Å². The van der Waals surface area contributed by atoms with Gasteiger partial charge in [0, 0.05) is 18.2 Å². The minimum Gasteiger partial charge on any atom is -0.366 e. The number of rotatable bonds is 3. The van der Waals surface area contributed by atoms with Crippen LogP contribution in [0.3, 0.4) is 0 Å². The number of nitrogens with zero attached hydrogens (tertiary/aromatic N) is 1. The molecule has 1 saturated heterocycles. The van der Waals surface area contributed by atoms with Crippen LogP contribution in [0, 0.1) is 0 Å². The van der Waals surface area contributed by atoms with Gasteiger partial charge in [-0.25, -0.2) is 0 Å². The lowest BCUT2D eigenvalue weighted by molar-refractivity contribution is -0.699. The van der Waals surface area contributed by atoms with E-state index in [-0.39, 0.29) is 0 Å².